The molecule has 0 aromatic carbocycles. The summed E-state index contributed by atoms with van der Waals surface area (Å²) >= 11 is 1.25. The molecule has 0 aliphatic rings. The normalized spacial score (nSPS) is 10.6. The van der Waals surface area contributed by atoms with Crippen molar-refractivity contribution in [2.24, 2.45) is 5.92 Å². The van der Waals surface area contributed by atoms with Gasteiger partial charge >= 0.3 is 5.97 Å². The third-order valence-electron chi connectivity index (χ3n) is 2.19. The van der Waals surface area contributed by atoms with Crippen molar-refractivity contribution in [3.8, 4) is 0 Å². The lowest BCUT2D eigenvalue weighted by molar-refractivity contribution is 0.0528. The molecule has 0 spiro atoms. The molecular weight excluding hydrogens is 238 g/mol. The van der Waals surface area contributed by atoms with Crippen molar-refractivity contribution < 1.29 is 14.3 Å². The molecule has 17 heavy (non-hydrogen) atoms. The minimum atomic E-state index is -0.450. The standard InChI is InChI=1S/C12H17NO3S/c1-5-8-13-9(10(14)7(3)4)11(17-8)12(15)16-6-2/h7H,5-6H2,1-4H3. The highest BCUT2D eigenvalue weighted by atomic mass is 32.1. The number of carbonyl (C=O) groups excluding carboxylic acids is 2. The van der Waals surface area contributed by atoms with E-state index in [0.29, 0.717) is 17.9 Å². The first-order chi connectivity index (χ1) is 8.01. The largest absolute Gasteiger partial charge is 0.462 e. The Balaban J connectivity index is 3.14. The molecular formula is C12H17NO3S. The van der Waals surface area contributed by atoms with Crippen molar-refractivity contribution >= 4 is 23.1 Å². The molecule has 5 heteroatoms. The van der Waals surface area contributed by atoms with Crippen LogP contribution in [0, 0.1) is 5.92 Å². The number of nitrogens with zero attached hydrogens (tertiary/aromatic N) is 1. The summed E-state index contributed by atoms with van der Waals surface area (Å²) < 4.78 is 4.94. The van der Waals surface area contributed by atoms with Crippen molar-refractivity contribution in [2.75, 3.05) is 6.61 Å². The van der Waals surface area contributed by atoms with Gasteiger partial charge in [0.05, 0.1) is 11.6 Å². The Kier molecular flexibility index (Phi) is 4.81. The zero-order valence-electron chi connectivity index (χ0n) is 10.6. The average Bonchev–Trinajstić information content (AvgIpc) is 2.72. The van der Waals surface area contributed by atoms with Gasteiger partial charge in [-0.3, -0.25) is 4.79 Å². The maximum Gasteiger partial charge on any atom is 0.350 e. The third kappa shape index (κ3) is 3.12. The van der Waals surface area contributed by atoms with Gasteiger partial charge in [-0.05, 0) is 13.3 Å². The van der Waals surface area contributed by atoms with Crippen LogP contribution in [0.15, 0.2) is 0 Å². The fourth-order valence-electron chi connectivity index (χ4n) is 1.29. The Morgan fingerprint density at radius 3 is 2.47 bits per heavy atom. The van der Waals surface area contributed by atoms with E-state index in [9.17, 15) is 9.59 Å². The molecule has 0 atom stereocenters. The molecule has 0 saturated carbocycles. The van der Waals surface area contributed by atoms with E-state index in [1.165, 1.54) is 11.3 Å². The Morgan fingerprint density at radius 2 is 2.00 bits per heavy atom. The molecule has 0 radical (unpaired) electrons. The van der Waals surface area contributed by atoms with Gasteiger partial charge in [-0.1, -0.05) is 20.8 Å². The second-order valence-corrected chi connectivity index (χ2v) is 4.96. The van der Waals surface area contributed by atoms with E-state index in [0.717, 1.165) is 5.01 Å². The van der Waals surface area contributed by atoms with Gasteiger partial charge in [0.25, 0.3) is 0 Å². The number of ether oxygens (including phenoxy) is 1. The predicted molar refractivity (Wildman–Crippen MR) is 66.6 cm³/mol. The fourth-order valence-corrected chi connectivity index (χ4v) is 2.19. The van der Waals surface area contributed by atoms with Crippen LogP contribution in [0.3, 0.4) is 0 Å². The molecule has 1 aromatic rings. The van der Waals surface area contributed by atoms with E-state index in [1.807, 2.05) is 6.92 Å². The Bertz CT molecular complexity index is 423. The number of aromatic nitrogens is 1. The van der Waals surface area contributed by atoms with Gasteiger partial charge in [0, 0.05) is 5.92 Å². The number of carbonyl (C=O) groups is 2. The van der Waals surface area contributed by atoms with Crippen molar-refractivity contribution in [3.05, 3.63) is 15.6 Å². The van der Waals surface area contributed by atoms with Gasteiger partial charge in [0.2, 0.25) is 0 Å². The van der Waals surface area contributed by atoms with E-state index in [4.69, 9.17) is 4.74 Å². The molecule has 0 bridgehead atoms. The Morgan fingerprint density at radius 1 is 1.35 bits per heavy atom. The lowest BCUT2D eigenvalue weighted by Crippen LogP contribution is -2.14. The summed E-state index contributed by atoms with van der Waals surface area (Å²) in [7, 11) is 0. The number of rotatable bonds is 5. The number of hydrogen-bond acceptors (Lipinski definition) is 5. The number of thiazole rings is 1. The average molecular weight is 255 g/mol. The molecule has 1 rings (SSSR count). The highest BCUT2D eigenvalue weighted by Crippen LogP contribution is 2.22. The number of ketones is 1. The fraction of sp³-hybridized carbons (Fsp3) is 0.583. The van der Waals surface area contributed by atoms with Gasteiger partial charge < -0.3 is 4.74 Å². The molecule has 0 N–H and O–H groups in total. The summed E-state index contributed by atoms with van der Waals surface area (Å²) in [5.41, 5.74) is 0.264. The summed E-state index contributed by atoms with van der Waals surface area (Å²) in [4.78, 5) is 28.2. The van der Waals surface area contributed by atoms with Crippen molar-refractivity contribution in [1.29, 1.82) is 0 Å². The quantitative estimate of drug-likeness (QED) is 0.599. The first-order valence-corrected chi connectivity index (χ1v) is 6.53. The smallest absolute Gasteiger partial charge is 0.350 e. The van der Waals surface area contributed by atoms with Gasteiger partial charge in [-0.2, -0.15) is 0 Å². The summed E-state index contributed by atoms with van der Waals surface area (Å²) in [6.07, 6.45) is 0.711. The molecule has 94 valence electrons. The predicted octanol–water partition coefficient (Wildman–Crippen LogP) is 2.72. The minimum Gasteiger partial charge on any atom is -0.462 e. The first-order valence-electron chi connectivity index (χ1n) is 5.72. The number of aryl methyl sites for hydroxylation is 1. The zero-order chi connectivity index (χ0) is 13.0. The number of Topliss-reactive ketones (excluding diaryl/α,β-unsaturated/α-hetero) is 1. The van der Waals surface area contributed by atoms with E-state index >= 15 is 0 Å². The van der Waals surface area contributed by atoms with Crippen LogP contribution in [0.5, 0.6) is 0 Å². The van der Waals surface area contributed by atoms with Crippen LogP contribution < -0.4 is 0 Å². The lowest BCUT2D eigenvalue weighted by atomic mass is 10.1. The molecule has 0 aliphatic heterocycles. The summed E-state index contributed by atoms with van der Waals surface area (Å²) in [6, 6.07) is 0. The van der Waals surface area contributed by atoms with Crippen LogP contribution in [0.25, 0.3) is 0 Å². The van der Waals surface area contributed by atoms with Crippen LogP contribution in [0.4, 0.5) is 0 Å². The summed E-state index contributed by atoms with van der Waals surface area (Å²) in [5, 5.41) is 0.789. The summed E-state index contributed by atoms with van der Waals surface area (Å²) in [6.45, 7) is 7.57. The molecule has 0 saturated heterocycles. The Labute approximate surface area is 105 Å². The summed E-state index contributed by atoms with van der Waals surface area (Å²) in [5.74, 6) is -0.729. The van der Waals surface area contributed by atoms with Crippen LogP contribution in [-0.4, -0.2) is 23.3 Å². The zero-order valence-corrected chi connectivity index (χ0v) is 11.4. The second kappa shape index (κ2) is 5.91. The van der Waals surface area contributed by atoms with Crippen LogP contribution in [0.2, 0.25) is 0 Å². The first kappa shape index (κ1) is 13.8. The van der Waals surface area contributed by atoms with E-state index in [-0.39, 0.29) is 17.4 Å². The molecule has 0 unspecified atom stereocenters. The number of esters is 1. The molecule has 0 amide bonds. The second-order valence-electron chi connectivity index (χ2n) is 3.88. The Hall–Kier alpha value is -1.23. The maximum atomic E-state index is 11.9. The van der Waals surface area contributed by atoms with Gasteiger partial charge in [0.1, 0.15) is 10.6 Å². The van der Waals surface area contributed by atoms with Crippen LogP contribution >= 0.6 is 11.3 Å². The van der Waals surface area contributed by atoms with E-state index in [2.05, 4.69) is 4.98 Å². The topological polar surface area (TPSA) is 56.3 Å². The SMILES string of the molecule is CCOC(=O)c1sc(CC)nc1C(=O)C(C)C. The van der Waals surface area contributed by atoms with Gasteiger partial charge in [-0.15, -0.1) is 11.3 Å². The van der Waals surface area contributed by atoms with Gasteiger partial charge in [-0.25, -0.2) is 9.78 Å². The lowest BCUT2D eigenvalue weighted by Gasteiger charge is -2.03. The van der Waals surface area contributed by atoms with E-state index < -0.39 is 5.97 Å². The highest BCUT2D eigenvalue weighted by Gasteiger charge is 2.25. The molecule has 4 nitrogen and oxygen atoms in total. The maximum absolute atomic E-state index is 11.9. The van der Waals surface area contributed by atoms with Gasteiger partial charge in [0.15, 0.2) is 5.78 Å². The van der Waals surface area contributed by atoms with Crippen molar-refractivity contribution in [3.63, 3.8) is 0 Å². The highest BCUT2D eigenvalue weighted by molar-refractivity contribution is 7.14. The molecule has 1 aromatic heterocycles. The minimum absolute atomic E-state index is 0.107. The molecule has 1 heterocycles. The van der Waals surface area contributed by atoms with Crippen molar-refractivity contribution in [2.45, 2.75) is 34.1 Å². The molecule has 0 fully saturated rings. The van der Waals surface area contributed by atoms with Crippen LogP contribution in [-0.2, 0) is 11.2 Å². The number of hydrogen-bond donors (Lipinski definition) is 0. The van der Waals surface area contributed by atoms with E-state index in [1.54, 1.807) is 20.8 Å². The molecule has 0 aliphatic carbocycles. The van der Waals surface area contributed by atoms with Crippen LogP contribution in [0.1, 0.15) is 52.9 Å². The third-order valence-corrected chi connectivity index (χ3v) is 3.37. The monoisotopic (exact) mass is 255 g/mol. The van der Waals surface area contributed by atoms with Crippen molar-refractivity contribution in [1.82, 2.24) is 4.98 Å².